The number of alkyl halides is 1. The Morgan fingerprint density at radius 3 is 2.54 bits per heavy atom. The Morgan fingerprint density at radius 2 is 2.00 bits per heavy atom. The van der Waals surface area contributed by atoms with Crippen molar-refractivity contribution in [1.82, 2.24) is 0 Å². The van der Waals surface area contributed by atoms with E-state index in [0.29, 0.717) is 5.88 Å². The standard InChI is InChI=1S/C11H14ClN/c1-2-3-8-13-11-6-4-10(9-12)5-7-11/h2-7,13H,8-9H2,1H3/b3-2+. The van der Waals surface area contributed by atoms with E-state index in [1.165, 1.54) is 0 Å². The van der Waals surface area contributed by atoms with Gasteiger partial charge in [0.1, 0.15) is 0 Å². The SMILES string of the molecule is C/C=C/CNc1ccc(CCl)cc1. The summed E-state index contributed by atoms with van der Waals surface area (Å²) in [6.45, 7) is 2.88. The molecule has 0 aliphatic rings. The largest absolute Gasteiger partial charge is 0.382 e. The molecule has 1 N–H and O–H groups in total. The van der Waals surface area contributed by atoms with E-state index in [1.54, 1.807) is 0 Å². The molecule has 13 heavy (non-hydrogen) atoms. The van der Waals surface area contributed by atoms with Crippen LogP contribution in [-0.4, -0.2) is 6.54 Å². The minimum atomic E-state index is 0.579. The van der Waals surface area contributed by atoms with Gasteiger partial charge in [0.05, 0.1) is 0 Å². The molecule has 0 heterocycles. The maximum Gasteiger partial charge on any atom is 0.0474 e. The number of hydrogen-bond acceptors (Lipinski definition) is 1. The number of rotatable bonds is 4. The minimum Gasteiger partial charge on any atom is -0.382 e. The lowest BCUT2D eigenvalue weighted by Gasteiger charge is -2.03. The van der Waals surface area contributed by atoms with Crippen LogP contribution in [0.3, 0.4) is 0 Å². The van der Waals surface area contributed by atoms with Crippen LogP contribution in [0.1, 0.15) is 12.5 Å². The van der Waals surface area contributed by atoms with Crippen molar-refractivity contribution in [2.75, 3.05) is 11.9 Å². The summed E-state index contributed by atoms with van der Waals surface area (Å²) in [7, 11) is 0. The van der Waals surface area contributed by atoms with Gasteiger partial charge < -0.3 is 5.32 Å². The quantitative estimate of drug-likeness (QED) is 0.574. The van der Waals surface area contributed by atoms with Gasteiger partial charge in [-0.05, 0) is 24.6 Å². The van der Waals surface area contributed by atoms with Crippen molar-refractivity contribution in [3.05, 3.63) is 42.0 Å². The molecule has 1 aromatic carbocycles. The lowest BCUT2D eigenvalue weighted by atomic mass is 10.2. The second-order valence-electron chi connectivity index (χ2n) is 2.78. The minimum absolute atomic E-state index is 0.579. The van der Waals surface area contributed by atoms with Gasteiger partial charge in [-0.3, -0.25) is 0 Å². The third-order valence-electron chi connectivity index (χ3n) is 1.77. The molecule has 2 heteroatoms. The number of hydrogen-bond donors (Lipinski definition) is 1. The smallest absolute Gasteiger partial charge is 0.0474 e. The molecule has 0 amide bonds. The predicted molar refractivity (Wildman–Crippen MR) is 59.3 cm³/mol. The molecule has 1 nitrogen and oxygen atoms in total. The molecule has 0 bridgehead atoms. The average molecular weight is 196 g/mol. The fraction of sp³-hybridized carbons (Fsp3) is 0.273. The second kappa shape index (κ2) is 5.65. The third-order valence-corrected chi connectivity index (χ3v) is 2.08. The first kappa shape index (κ1) is 10.1. The zero-order valence-electron chi connectivity index (χ0n) is 7.76. The van der Waals surface area contributed by atoms with Crippen LogP contribution in [0.4, 0.5) is 5.69 Å². The van der Waals surface area contributed by atoms with Gasteiger partial charge in [-0.15, -0.1) is 11.6 Å². The summed E-state index contributed by atoms with van der Waals surface area (Å²) in [4.78, 5) is 0. The molecule has 1 aromatic rings. The molecule has 0 aromatic heterocycles. The van der Waals surface area contributed by atoms with E-state index in [2.05, 4.69) is 11.4 Å². The summed E-state index contributed by atoms with van der Waals surface area (Å²) in [6.07, 6.45) is 4.11. The summed E-state index contributed by atoms with van der Waals surface area (Å²) in [5, 5.41) is 3.27. The van der Waals surface area contributed by atoms with E-state index >= 15 is 0 Å². The number of anilines is 1. The Balaban J connectivity index is 2.49. The van der Waals surface area contributed by atoms with E-state index in [9.17, 15) is 0 Å². The van der Waals surface area contributed by atoms with Crippen molar-refractivity contribution < 1.29 is 0 Å². The topological polar surface area (TPSA) is 12.0 Å². The highest BCUT2D eigenvalue weighted by molar-refractivity contribution is 6.17. The van der Waals surface area contributed by atoms with Crippen molar-refractivity contribution in [3.8, 4) is 0 Å². The molecule has 0 radical (unpaired) electrons. The highest BCUT2D eigenvalue weighted by Crippen LogP contribution is 2.10. The predicted octanol–water partition coefficient (Wildman–Crippen LogP) is 3.41. The van der Waals surface area contributed by atoms with E-state index in [0.717, 1.165) is 17.8 Å². The van der Waals surface area contributed by atoms with Gasteiger partial charge in [-0.1, -0.05) is 24.3 Å². The van der Waals surface area contributed by atoms with Crippen LogP contribution >= 0.6 is 11.6 Å². The van der Waals surface area contributed by atoms with Gasteiger partial charge in [0.2, 0.25) is 0 Å². The first-order chi connectivity index (χ1) is 6.36. The van der Waals surface area contributed by atoms with Crippen LogP contribution in [0.25, 0.3) is 0 Å². The molecule has 0 atom stereocenters. The highest BCUT2D eigenvalue weighted by atomic mass is 35.5. The molecule has 0 aliphatic carbocycles. The monoisotopic (exact) mass is 195 g/mol. The van der Waals surface area contributed by atoms with Gasteiger partial charge in [0.15, 0.2) is 0 Å². The first-order valence-electron chi connectivity index (χ1n) is 4.36. The number of allylic oxidation sites excluding steroid dienone is 1. The van der Waals surface area contributed by atoms with Crippen LogP contribution < -0.4 is 5.32 Å². The zero-order chi connectivity index (χ0) is 9.52. The van der Waals surface area contributed by atoms with Crippen LogP contribution in [0.15, 0.2) is 36.4 Å². The summed E-state index contributed by atoms with van der Waals surface area (Å²) in [5.41, 5.74) is 2.28. The highest BCUT2D eigenvalue weighted by Gasteiger charge is 1.90. The molecule has 0 fully saturated rings. The van der Waals surface area contributed by atoms with Crippen LogP contribution in [0.5, 0.6) is 0 Å². The maximum absolute atomic E-state index is 5.67. The lowest BCUT2D eigenvalue weighted by molar-refractivity contribution is 1.31. The fourth-order valence-electron chi connectivity index (χ4n) is 1.01. The first-order valence-corrected chi connectivity index (χ1v) is 4.90. The molecule has 1 rings (SSSR count). The Bertz CT molecular complexity index is 264. The molecule has 70 valence electrons. The Hall–Kier alpha value is -0.950. The average Bonchev–Trinajstić information content (AvgIpc) is 2.19. The summed E-state index contributed by atoms with van der Waals surface area (Å²) >= 11 is 5.67. The molecule has 0 aliphatic heterocycles. The Labute approximate surface area is 84.4 Å². The maximum atomic E-state index is 5.67. The van der Waals surface area contributed by atoms with Gasteiger partial charge in [-0.2, -0.15) is 0 Å². The van der Waals surface area contributed by atoms with Crippen molar-refractivity contribution >= 4 is 17.3 Å². The number of halogens is 1. The van der Waals surface area contributed by atoms with Gasteiger partial charge in [0, 0.05) is 18.1 Å². The van der Waals surface area contributed by atoms with E-state index in [4.69, 9.17) is 11.6 Å². The van der Waals surface area contributed by atoms with Crippen molar-refractivity contribution in [1.29, 1.82) is 0 Å². The number of nitrogens with one attached hydrogen (secondary N) is 1. The molecule has 0 unspecified atom stereocenters. The van der Waals surface area contributed by atoms with Crippen LogP contribution in [-0.2, 0) is 5.88 Å². The molecule has 0 saturated heterocycles. The molecular weight excluding hydrogens is 182 g/mol. The zero-order valence-corrected chi connectivity index (χ0v) is 8.51. The Kier molecular flexibility index (Phi) is 4.41. The van der Waals surface area contributed by atoms with Crippen molar-refractivity contribution in [2.24, 2.45) is 0 Å². The van der Waals surface area contributed by atoms with E-state index < -0.39 is 0 Å². The van der Waals surface area contributed by atoms with Crippen molar-refractivity contribution in [2.45, 2.75) is 12.8 Å². The molecular formula is C11H14ClN. The Morgan fingerprint density at radius 1 is 1.31 bits per heavy atom. The van der Waals surface area contributed by atoms with Crippen LogP contribution in [0, 0.1) is 0 Å². The summed E-state index contributed by atoms with van der Waals surface area (Å²) in [6, 6.07) is 8.15. The second-order valence-corrected chi connectivity index (χ2v) is 3.05. The lowest BCUT2D eigenvalue weighted by Crippen LogP contribution is -1.97. The third kappa shape index (κ3) is 3.51. The molecule has 0 spiro atoms. The van der Waals surface area contributed by atoms with E-state index in [1.807, 2.05) is 37.3 Å². The number of benzene rings is 1. The van der Waals surface area contributed by atoms with Crippen LogP contribution in [0.2, 0.25) is 0 Å². The summed E-state index contributed by atoms with van der Waals surface area (Å²) < 4.78 is 0. The van der Waals surface area contributed by atoms with Gasteiger partial charge in [-0.25, -0.2) is 0 Å². The van der Waals surface area contributed by atoms with E-state index in [-0.39, 0.29) is 0 Å². The van der Waals surface area contributed by atoms with Crippen molar-refractivity contribution in [3.63, 3.8) is 0 Å². The summed E-state index contributed by atoms with van der Waals surface area (Å²) in [5.74, 6) is 0.579. The normalized spacial score (nSPS) is 10.6. The molecule has 0 saturated carbocycles. The fourth-order valence-corrected chi connectivity index (χ4v) is 1.18. The van der Waals surface area contributed by atoms with Gasteiger partial charge in [0.25, 0.3) is 0 Å². The van der Waals surface area contributed by atoms with Gasteiger partial charge >= 0.3 is 0 Å².